The Morgan fingerprint density at radius 2 is 1.79 bits per heavy atom. The number of carbonyl (C=O) groups excluding carboxylic acids is 1. The van der Waals surface area contributed by atoms with Crippen LogP contribution in [0.4, 0.5) is 0 Å². The largest absolute Gasteiger partial charge is 0.497 e. The summed E-state index contributed by atoms with van der Waals surface area (Å²) in [6.07, 6.45) is 0. The van der Waals surface area contributed by atoms with Crippen molar-refractivity contribution in [3.63, 3.8) is 0 Å². The van der Waals surface area contributed by atoms with E-state index in [1.807, 2.05) is 0 Å². The van der Waals surface area contributed by atoms with Crippen molar-refractivity contribution in [3.05, 3.63) is 58.0 Å². The molecular formula is C19H19BN2O7. The summed E-state index contributed by atoms with van der Waals surface area (Å²) in [5.41, 5.74) is 0.168. The summed E-state index contributed by atoms with van der Waals surface area (Å²) >= 11 is 0. The number of rotatable bonds is 6. The van der Waals surface area contributed by atoms with Crippen molar-refractivity contribution in [1.29, 1.82) is 0 Å². The third kappa shape index (κ3) is 3.93. The smallest absolute Gasteiger partial charge is 0.488 e. The Morgan fingerprint density at radius 1 is 1.10 bits per heavy atom. The lowest BCUT2D eigenvalue weighted by Crippen LogP contribution is -2.32. The zero-order chi connectivity index (χ0) is 21.1. The van der Waals surface area contributed by atoms with E-state index in [1.54, 1.807) is 31.4 Å². The Morgan fingerprint density at radius 3 is 2.34 bits per heavy atom. The minimum Gasteiger partial charge on any atom is -0.497 e. The first kappa shape index (κ1) is 20.4. The van der Waals surface area contributed by atoms with Crippen LogP contribution in [0.2, 0.25) is 0 Å². The molecule has 2 aromatic carbocycles. The predicted octanol–water partition coefficient (Wildman–Crippen LogP) is -0.0716. The highest BCUT2D eigenvalue weighted by atomic mass is 16.5. The van der Waals surface area contributed by atoms with Gasteiger partial charge in [0.1, 0.15) is 11.5 Å². The van der Waals surface area contributed by atoms with E-state index in [0.717, 1.165) is 10.2 Å². The van der Waals surface area contributed by atoms with Gasteiger partial charge in [-0.25, -0.2) is 9.48 Å². The van der Waals surface area contributed by atoms with Crippen LogP contribution in [0, 0.1) is 0 Å². The van der Waals surface area contributed by atoms with E-state index in [-0.39, 0.29) is 34.2 Å². The minimum absolute atomic E-state index is 0.0496. The fraction of sp³-hybridized carbons (Fsp3) is 0.211. The first-order chi connectivity index (χ1) is 13.9. The van der Waals surface area contributed by atoms with Crippen LogP contribution in [-0.4, -0.2) is 54.2 Å². The number of methoxy groups -OCH3 is 3. The Hall–Kier alpha value is -3.37. The molecule has 0 atom stereocenters. The van der Waals surface area contributed by atoms with E-state index < -0.39 is 18.6 Å². The zero-order valence-electron chi connectivity index (χ0n) is 16.1. The molecule has 29 heavy (non-hydrogen) atoms. The van der Waals surface area contributed by atoms with Crippen LogP contribution >= 0.6 is 0 Å². The number of nitrogens with zero attached hydrogens (tertiary/aromatic N) is 2. The molecule has 150 valence electrons. The highest BCUT2D eigenvalue weighted by Gasteiger charge is 2.23. The summed E-state index contributed by atoms with van der Waals surface area (Å²) in [5.74, 6) is -0.0173. The molecule has 3 rings (SSSR count). The van der Waals surface area contributed by atoms with Gasteiger partial charge >= 0.3 is 13.1 Å². The van der Waals surface area contributed by atoms with Gasteiger partial charge in [0.25, 0.3) is 5.56 Å². The molecule has 0 aliphatic rings. The summed E-state index contributed by atoms with van der Waals surface area (Å²) in [6, 6.07) is 9.68. The first-order valence-electron chi connectivity index (χ1n) is 8.59. The molecule has 0 amide bonds. The number of fused-ring (bicyclic) bond motifs is 1. The number of hydrogen-bond acceptors (Lipinski definition) is 8. The number of esters is 1. The Kier molecular flexibility index (Phi) is 5.85. The van der Waals surface area contributed by atoms with Gasteiger partial charge in [-0.2, -0.15) is 5.10 Å². The standard InChI is InChI=1S/C19H19BN2O7/c1-27-13-6-4-11(5-7-13)10-22-18(23)16-14(17(21-22)19(24)29-3)8-12(20(25)26)9-15(16)28-2/h4-9,25-26H,10H2,1-3H3. The van der Waals surface area contributed by atoms with Gasteiger partial charge in [0.2, 0.25) is 0 Å². The zero-order valence-corrected chi connectivity index (χ0v) is 16.1. The third-order valence-corrected chi connectivity index (χ3v) is 4.44. The second-order valence-electron chi connectivity index (χ2n) is 6.17. The molecule has 3 aromatic rings. The highest BCUT2D eigenvalue weighted by molar-refractivity contribution is 6.59. The molecule has 0 saturated heterocycles. The van der Waals surface area contributed by atoms with Crippen LogP contribution in [-0.2, 0) is 11.3 Å². The average Bonchev–Trinajstić information content (AvgIpc) is 2.74. The second-order valence-corrected chi connectivity index (χ2v) is 6.17. The molecule has 0 saturated carbocycles. The highest BCUT2D eigenvalue weighted by Crippen LogP contribution is 2.24. The van der Waals surface area contributed by atoms with Crippen LogP contribution < -0.4 is 20.5 Å². The summed E-state index contributed by atoms with van der Waals surface area (Å²) in [5, 5.41) is 23.4. The van der Waals surface area contributed by atoms with Crippen LogP contribution in [0.25, 0.3) is 10.8 Å². The molecule has 2 N–H and O–H groups in total. The van der Waals surface area contributed by atoms with Gasteiger partial charge in [0.15, 0.2) is 5.69 Å². The monoisotopic (exact) mass is 398 g/mol. The number of carbonyl (C=O) groups is 1. The molecule has 1 aromatic heterocycles. The van der Waals surface area contributed by atoms with E-state index in [1.165, 1.54) is 26.4 Å². The van der Waals surface area contributed by atoms with E-state index >= 15 is 0 Å². The molecular weight excluding hydrogens is 379 g/mol. The van der Waals surface area contributed by atoms with Gasteiger partial charge in [-0.15, -0.1) is 0 Å². The van der Waals surface area contributed by atoms with Gasteiger partial charge in [-0.05, 0) is 29.2 Å². The second kappa shape index (κ2) is 8.33. The number of aromatic nitrogens is 2. The minimum atomic E-state index is -1.82. The van der Waals surface area contributed by atoms with Crippen molar-refractivity contribution in [2.45, 2.75) is 6.54 Å². The SMILES string of the molecule is COC(=O)c1nn(Cc2ccc(OC)cc2)c(=O)c2c(OC)cc(B(O)O)cc12. The Balaban J connectivity index is 2.25. The van der Waals surface area contributed by atoms with Crippen molar-refractivity contribution in [3.8, 4) is 11.5 Å². The molecule has 9 nitrogen and oxygen atoms in total. The summed E-state index contributed by atoms with van der Waals surface area (Å²) in [4.78, 5) is 25.4. The quantitative estimate of drug-likeness (QED) is 0.438. The van der Waals surface area contributed by atoms with Crippen molar-refractivity contribution >= 4 is 29.3 Å². The molecule has 0 fully saturated rings. The van der Waals surface area contributed by atoms with E-state index in [9.17, 15) is 19.6 Å². The number of ether oxygens (including phenoxy) is 3. The van der Waals surface area contributed by atoms with Crippen LogP contribution in [0.1, 0.15) is 16.1 Å². The van der Waals surface area contributed by atoms with Crippen LogP contribution in [0.3, 0.4) is 0 Å². The first-order valence-corrected chi connectivity index (χ1v) is 8.59. The van der Waals surface area contributed by atoms with E-state index in [4.69, 9.17) is 14.2 Å². The summed E-state index contributed by atoms with van der Waals surface area (Å²) in [6.45, 7) is 0.0935. The number of benzene rings is 2. The molecule has 0 aliphatic heterocycles. The lowest BCUT2D eigenvalue weighted by molar-refractivity contribution is 0.0593. The van der Waals surface area contributed by atoms with E-state index in [0.29, 0.717) is 5.75 Å². The van der Waals surface area contributed by atoms with Gasteiger partial charge in [-0.1, -0.05) is 18.2 Å². The van der Waals surface area contributed by atoms with Gasteiger partial charge in [0.05, 0.1) is 33.3 Å². The summed E-state index contributed by atoms with van der Waals surface area (Å²) in [7, 11) is 2.27. The van der Waals surface area contributed by atoms with Gasteiger partial charge < -0.3 is 24.3 Å². The fourth-order valence-electron chi connectivity index (χ4n) is 2.96. The lowest BCUT2D eigenvalue weighted by Gasteiger charge is -2.14. The molecule has 0 aliphatic carbocycles. The van der Waals surface area contributed by atoms with Crippen molar-refractivity contribution < 1.29 is 29.1 Å². The molecule has 0 bridgehead atoms. The number of hydrogen-bond donors (Lipinski definition) is 2. The van der Waals surface area contributed by atoms with Gasteiger partial charge in [-0.3, -0.25) is 4.79 Å². The van der Waals surface area contributed by atoms with E-state index in [2.05, 4.69) is 5.10 Å². The fourth-order valence-corrected chi connectivity index (χ4v) is 2.96. The van der Waals surface area contributed by atoms with Crippen LogP contribution in [0.5, 0.6) is 11.5 Å². The lowest BCUT2D eigenvalue weighted by atomic mass is 9.79. The van der Waals surface area contributed by atoms with Gasteiger partial charge in [0, 0.05) is 5.39 Å². The third-order valence-electron chi connectivity index (χ3n) is 4.44. The maximum Gasteiger partial charge on any atom is 0.488 e. The van der Waals surface area contributed by atoms with Crippen molar-refractivity contribution in [2.24, 2.45) is 0 Å². The van der Waals surface area contributed by atoms with Crippen molar-refractivity contribution in [2.75, 3.05) is 21.3 Å². The Bertz CT molecular complexity index is 1110. The maximum absolute atomic E-state index is 13.1. The van der Waals surface area contributed by atoms with Crippen LogP contribution in [0.15, 0.2) is 41.2 Å². The molecule has 0 spiro atoms. The molecule has 10 heteroatoms. The average molecular weight is 398 g/mol. The molecule has 1 heterocycles. The molecule has 0 radical (unpaired) electrons. The maximum atomic E-state index is 13.1. The Labute approximate surface area is 166 Å². The normalized spacial score (nSPS) is 10.7. The predicted molar refractivity (Wildman–Crippen MR) is 106 cm³/mol. The summed E-state index contributed by atoms with van der Waals surface area (Å²) < 4.78 is 16.3. The molecule has 0 unspecified atom stereocenters. The topological polar surface area (TPSA) is 120 Å². The van der Waals surface area contributed by atoms with Crippen molar-refractivity contribution in [1.82, 2.24) is 9.78 Å².